The number of nitrogens with one attached hydrogen (secondary N) is 1. The van der Waals surface area contributed by atoms with Crippen LogP contribution in [0.2, 0.25) is 0 Å². The van der Waals surface area contributed by atoms with Crippen molar-refractivity contribution in [3.8, 4) is 0 Å². The molecule has 0 amide bonds. The molecule has 4 heteroatoms. The molecule has 15 heavy (non-hydrogen) atoms. The summed E-state index contributed by atoms with van der Waals surface area (Å²) in [5, 5.41) is 6.44. The Kier molecular flexibility index (Phi) is 2.97. The topological polar surface area (TPSA) is 37.8 Å². The van der Waals surface area contributed by atoms with E-state index in [-0.39, 0.29) is 6.04 Å². The molecular formula is C11H13N3S. The first-order valence-corrected chi connectivity index (χ1v) is 5.72. The van der Waals surface area contributed by atoms with E-state index >= 15 is 0 Å². The smallest absolute Gasteiger partial charge is 0.115 e. The highest BCUT2D eigenvalue weighted by Gasteiger charge is 2.07. The highest BCUT2D eigenvalue weighted by Crippen LogP contribution is 2.20. The maximum absolute atomic E-state index is 4.27. The lowest BCUT2D eigenvalue weighted by atomic mass is 10.3. The van der Waals surface area contributed by atoms with Crippen LogP contribution in [-0.4, -0.2) is 9.97 Å². The van der Waals surface area contributed by atoms with Gasteiger partial charge < -0.3 is 5.32 Å². The van der Waals surface area contributed by atoms with Gasteiger partial charge in [0, 0.05) is 17.3 Å². The lowest BCUT2D eigenvalue weighted by Gasteiger charge is -2.12. The van der Waals surface area contributed by atoms with Crippen molar-refractivity contribution >= 4 is 17.0 Å². The number of rotatable bonds is 3. The number of nitrogens with zero attached hydrogens (tertiary/aromatic N) is 2. The van der Waals surface area contributed by atoms with Crippen molar-refractivity contribution in [2.24, 2.45) is 0 Å². The molecule has 2 aromatic rings. The summed E-state index contributed by atoms with van der Waals surface area (Å²) in [5.41, 5.74) is 2.06. The highest BCUT2D eigenvalue weighted by molar-refractivity contribution is 7.09. The van der Waals surface area contributed by atoms with Gasteiger partial charge in [0.15, 0.2) is 0 Å². The number of thiazole rings is 1. The third-order valence-electron chi connectivity index (χ3n) is 2.12. The van der Waals surface area contributed by atoms with Gasteiger partial charge in [-0.05, 0) is 26.0 Å². The first kappa shape index (κ1) is 10.1. The fraction of sp³-hybridized carbons (Fsp3) is 0.273. The maximum atomic E-state index is 4.27. The fourth-order valence-corrected chi connectivity index (χ4v) is 1.96. The van der Waals surface area contributed by atoms with E-state index in [0.29, 0.717) is 0 Å². The normalized spacial score (nSPS) is 12.4. The second-order valence-corrected chi connectivity index (χ2v) is 4.35. The summed E-state index contributed by atoms with van der Waals surface area (Å²) in [6, 6.07) is 4.26. The average molecular weight is 219 g/mol. The van der Waals surface area contributed by atoms with Gasteiger partial charge in [0.2, 0.25) is 0 Å². The third-order valence-corrected chi connectivity index (χ3v) is 3.07. The number of aromatic nitrogens is 2. The summed E-state index contributed by atoms with van der Waals surface area (Å²) in [4.78, 5) is 8.50. The van der Waals surface area contributed by atoms with E-state index in [0.717, 1.165) is 16.4 Å². The second kappa shape index (κ2) is 4.40. The zero-order valence-electron chi connectivity index (χ0n) is 8.77. The van der Waals surface area contributed by atoms with Gasteiger partial charge in [-0.1, -0.05) is 0 Å². The molecule has 0 aliphatic carbocycles. The molecule has 1 atom stereocenters. The molecule has 0 aromatic carbocycles. The molecule has 0 saturated heterocycles. The molecule has 0 aliphatic rings. The average Bonchev–Trinajstić information content (AvgIpc) is 2.74. The summed E-state index contributed by atoms with van der Waals surface area (Å²) >= 11 is 1.66. The Bertz CT molecular complexity index is 408. The van der Waals surface area contributed by atoms with Crippen molar-refractivity contribution < 1.29 is 0 Å². The predicted octanol–water partition coefficient (Wildman–Crippen LogP) is 3.02. The molecule has 0 fully saturated rings. The van der Waals surface area contributed by atoms with Gasteiger partial charge in [0.1, 0.15) is 5.01 Å². The summed E-state index contributed by atoms with van der Waals surface area (Å²) in [6.07, 6.45) is 3.67. The van der Waals surface area contributed by atoms with Crippen molar-refractivity contribution in [2.45, 2.75) is 19.9 Å². The molecule has 0 radical (unpaired) electrons. The summed E-state index contributed by atoms with van der Waals surface area (Å²) in [6.45, 7) is 4.08. The van der Waals surface area contributed by atoms with Crippen LogP contribution in [0, 0.1) is 6.92 Å². The third kappa shape index (κ3) is 2.53. The van der Waals surface area contributed by atoms with E-state index in [1.807, 2.05) is 36.8 Å². The van der Waals surface area contributed by atoms with Crippen molar-refractivity contribution in [1.82, 2.24) is 9.97 Å². The number of pyridine rings is 1. The van der Waals surface area contributed by atoms with Gasteiger partial charge in [-0.15, -0.1) is 11.3 Å². The fourth-order valence-electron chi connectivity index (χ4n) is 1.31. The molecule has 2 heterocycles. The minimum atomic E-state index is 0.231. The van der Waals surface area contributed by atoms with Crippen molar-refractivity contribution in [2.75, 3.05) is 5.32 Å². The molecule has 0 bridgehead atoms. The first-order chi connectivity index (χ1) is 7.25. The Balaban J connectivity index is 2.06. The molecule has 0 aliphatic heterocycles. The lowest BCUT2D eigenvalue weighted by molar-refractivity contribution is 0.867. The highest BCUT2D eigenvalue weighted by atomic mass is 32.1. The van der Waals surface area contributed by atoms with Crippen LogP contribution < -0.4 is 5.32 Å². The van der Waals surface area contributed by atoms with Crippen LogP contribution in [0.3, 0.4) is 0 Å². The zero-order valence-corrected chi connectivity index (χ0v) is 9.58. The van der Waals surface area contributed by atoms with Gasteiger partial charge in [0.25, 0.3) is 0 Å². The second-order valence-electron chi connectivity index (χ2n) is 3.42. The molecule has 1 N–H and O–H groups in total. The van der Waals surface area contributed by atoms with Crippen LogP contribution in [0.25, 0.3) is 0 Å². The van der Waals surface area contributed by atoms with Crippen molar-refractivity contribution in [1.29, 1.82) is 0 Å². The van der Waals surface area contributed by atoms with Gasteiger partial charge in [-0.3, -0.25) is 4.98 Å². The molecule has 0 spiro atoms. The van der Waals surface area contributed by atoms with Gasteiger partial charge in [-0.25, -0.2) is 4.98 Å². The zero-order chi connectivity index (χ0) is 10.7. The molecule has 0 saturated carbocycles. The molecule has 2 rings (SSSR count). The SMILES string of the molecule is Cc1ccc(N[C@H](C)c2nccs2)cn1. The Morgan fingerprint density at radius 2 is 2.20 bits per heavy atom. The van der Waals surface area contributed by atoms with Crippen molar-refractivity contribution in [3.05, 3.63) is 40.6 Å². The van der Waals surface area contributed by atoms with Crippen LogP contribution >= 0.6 is 11.3 Å². The number of hydrogen-bond acceptors (Lipinski definition) is 4. The van der Waals surface area contributed by atoms with E-state index in [4.69, 9.17) is 0 Å². The van der Waals surface area contributed by atoms with Crippen LogP contribution in [0.15, 0.2) is 29.9 Å². The lowest BCUT2D eigenvalue weighted by Crippen LogP contribution is -2.06. The van der Waals surface area contributed by atoms with E-state index in [2.05, 4.69) is 22.2 Å². The summed E-state index contributed by atoms with van der Waals surface area (Å²) in [5.74, 6) is 0. The number of anilines is 1. The predicted molar refractivity (Wildman–Crippen MR) is 63.1 cm³/mol. The van der Waals surface area contributed by atoms with Crippen LogP contribution in [0.4, 0.5) is 5.69 Å². The molecule has 2 aromatic heterocycles. The summed E-state index contributed by atoms with van der Waals surface area (Å²) < 4.78 is 0. The van der Waals surface area contributed by atoms with Crippen molar-refractivity contribution in [3.63, 3.8) is 0 Å². The molecular weight excluding hydrogens is 206 g/mol. The van der Waals surface area contributed by atoms with E-state index < -0.39 is 0 Å². The Morgan fingerprint density at radius 1 is 1.33 bits per heavy atom. The Morgan fingerprint density at radius 3 is 2.80 bits per heavy atom. The minimum absolute atomic E-state index is 0.231. The Labute approximate surface area is 93.2 Å². The van der Waals surface area contributed by atoms with Crippen LogP contribution in [-0.2, 0) is 0 Å². The van der Waals surface area contributed by atoms with E-state index in [1.165, 1.54) is 0 Å². The Hall–Kier alpha value is -1.42. The number of aryl methyl sites for hydroxylation is 1. The summed E-state index contributed by atoms with van der Waals surface area (Å²) in [7, 11) is 0. The van der Waals surface area contributed by atoms with Crippen LogP contribution in [0.5, 0.6) is 0 Å². The minimum Gasteiger partial charge on any atom is -0.375 e. The van der Waals surface area contributed by atoms with E-state index in [9.17, 15) is 0 Å². The van der Waals surface area contributed by atoms with Gasteiger partial charge >= 0.3 is 0 Å². The quantitative estimate of drug-likeness (QED) is 0.862. The standard InChI is InChI=1S/C11H13N3S/c1-8-3-4-10(7-13-8)14-9(2)11-12-5-6-15-11/h3-7,9,14H,1-2H3/t9-/m1/s1. The maximum Gasteiger partial charge on any atom is 0.115 e. The molecule has 3 nitrogen and oxygen atoms in total. The molecule has 78 valence electrons. The van der Waals surface area contributed by atoms with E-state index in [1.54, 1.807) is 11.3 Å². The van der Waals surface area contributed by atoms with Crippen LogP contribution in [0.1, 0.15) is 23.7 Å². The largest absolute Gasteiger partial charge is 0.375 e. The first-order valence-electron chi connectivity index (χ1n) is 4.84. The van der Waals surface area contributed by atoms with Gasteiger partial charge in [-0.2, -0.15) is 0 Å². The molecule has 0 unspecified atom stereocenters. The van der Waals surface area contributed by atoms with Gasteiger partial charge in [0.05, 0.1) is 17.9 Å². The monoisotopic (exact) mass is 219 g/mol. The number of hydrogen-bond donors (Lipinski definition) is 1.